The van der Waals surface area contributed by atoms with Gasteiger partial charge < -0.3 is 9.32 Å². The predicted octanol–water partition coefficient (Wildman–Crippen LogP) is 3.97. The van der Waals surface area contributed by atoms with Gasteiger partial charge in [-0.25, -0.2) is 0 Å². The zero-order chi connectivity index (χ0) is 12.5. The summed E-state index contributed by atoms with van der Waals surface area (Å²) in [5.74, 6) is -0.0394. The first-order valence-corrected chi connectivity index (χ1v) is 7.15. The molecule has 0 bridgehead atoms. The highest BCUT2D eigenvalue weighted by Crippen LogP contribution is 2.35. The molecule has 2 aromatic rings. The summed E-state index contributed by atoms with van der Waals surface area (Å²) in [6.45, 7) is 0.779. The van der Waals surface area contributed by atoms with Crippen molar-refractivity contribution in [2.24, 2.45) is 0 Å². The van der Waals surface area contributed by atoms with Crippen molar-refractivity contribution in [1.82, 2.24) is 4.90 Å². The maximum atomic E-state index is 12.4. The molecule has 1 unspecified atom stereocenters. The summed E-state index contributed by atoms with van der Waals surface area (Å²) in [7, 11) is 0. The van der Waals surface area contributed by atoms with Crippen LogP contribution in [0.1, 0.15) is 34.8 Å². The summed E-state index contributed by atoms with van der Waals surface area (Å²) in [5, 5.41) is 4.32. The Morgan fingerprint density at radius 3 is 3.06 bits per heavy atom. The third-order valence-electron chi connectivity index (χ3n) is 3.29. The van der Waals surface area contributed by atoms with Crippen LogP contribution in [-0.2, 0) is 0 Å². The van der Waals surface area contributed by atoms with Crippen LogP contribution in [0, 0.1) is 0 Å². The Bertz CT molecular complexity index is 549. The van der Waals surface area contributed by atoms with Crippen LogP contribution < -0.4 is 0 Å². The standard InChI is InChI=1S/C13H12ClNO2S/c14-12-10(3-6-17-12)13(16)15-5-1-2-11(15)9-4-7-18-8-9/h3-4,6-8,11H,1-2,5H2. The maximum Gasteiger partial charge on any atom is 0.259 e. The molecule has 3 nitrogen and oxygen atoms in total. The minimum atomic E-state index is -0.0394. The van der Waals surface area contributed by atoms with E-state index in [2.05, 4.69) is 11.4 Å². The Balaban J connectivity index is 1.88. The minimum absolute atomic E-state index is 0.0394. The molecule has 0 aliphatic carbocycles. The Morgan fingerprint density at radius 1 is 1.50 bits per heavy atom. The zero-order valence-corrected chi connectivity index (χ0v) is 11.2. The third-order valence-corrected chi connectivity index (χ3v) is 4.28. The van der Waals surface area contributed by atoms with Gasteiger partial charge in [0.15, 0.2) is 0 Å². The van der Waals surface area contributed by atoms with Crippen molar-refractivity contribution in [3.8, 4) is 0 Å². The Kier molecular flexibility index (Phi) is 3.14. The molecule has 0 saturated carbocycles. The number of halogens is 1. The van der Waals surface area contributed by atoms with Gasteiger partial charge in [-0.05, 0) is 52.9 Å². The fraction of sp³-hybridized carbons (Fsp3) is 0.308. The second-order valence-corrected chi connectivity index (χ2v) is 5.44. The fourth-order valence-corrected chi connectivity index (χ4v) is 3.32. The first kappa shape index (κ1) is 11.8. The van der Waals surface area contributed by atoms with E-state index in [4.69, 9.17) is 16.0 Å². The van der Waals surface area contributed by atoms with Crippen LogP contribution in [0.3, 0.4) is 0 Å². The second-order valence-electron chi connectivity index (χ2n) is 4.32. The number of carbonyl (C=O) groups is 1. The molecule has 0 aromatic carbocycles. The van der Waals surface area contributed by atoms with E-state index in [1.165, 1.54) is 11.8 Å². The molecule has 2 aromatic heterocycles. The number of amides is 1. The molecule has 5 heteroatoms. The van der Waals surface area contributed by atoms with Crippen molar-refractivity contribution < 1.29 is 9.21 Å². The molecule has 0 spiro atoms. The van der Waals surface area contributed by atoms with Crippen LogP contribution >= 0.6 is 22.9 Å². The Labute approximate surface area is 114 Å². The zero-order valence-electron chi connectivity index (χ0n) is 9.64. The fourth-order valence-electron chi connectivity index (χ4n) is 2.42. The average Bonchev–Trinajstić information content (AvgIpc) is 3.09. The van der Waals surface area contributed by atoms with Crippen LogP contribution in [0.2, 0.25) is 5.22 Å². The van der Waals surface area contributed by atoms with E-state index in [0.717, 1.165) is 19.4 Å². The number of hydrogen-bond acceptors (Lipinski definition) is 3. The van der Waals surface area contributed by atoms with Crippen molar-refractivity contribution in [2.75, 3.05) is 6.54 Å². The topological polar surface area (TPSA) is 33.5 Å². The van der Waals surface area contributed by atoms with Gasteiger partial charge in [-0.3, -0.25) is 4.79 Å². The molecule has 0 N–H and O–H groups in total. The lowest BCUT2D eigenvalue weighted by molar-refractivity contribution is 0.0735. The normalized spacial score (nSPS) is 19.4. The lowest BCUT2D eigenvalue weighted by Crippen LogP contribution is -2.30. The van der Waals surface area contributed by atoms with Crippen molar-refractivity contribution >= 4 is 28.8 Å². The molecule has 1 amide bonds. The monoisotopic (exact) mass is 281 g/mol. The molecule has 18 heavy (non-hydrogen) atoms. The van der Waals surface area contributed by atoms with E-state index in [9.17, 15) is 4.79 Å². The van der Waals surface area contributed by atoms with Crippen LogP contribution in [0.4, 0.5) is 0 Å². The van der Waals surface area contributed by atoms with E-state index in [0.29, 0.717) is 5.56 Å². The smallest absolute Gasteiger partial charge is 0.259 e. The third kappa shape index (κ3) is 1.95. The Morgan fingerprint density at radius 2 is 2.39 bits per heavy atom. The summed E-state index contributed by atoms with van der Waals surface area (Å²) < 4.78 is 4.99. The SMILES string of the molecule is O=C(c1ccoc1Cl)N1CCCC1c1ccsc1. The van der Waals surface area contributed by atoms with Gasteiger partial charge in [-0.2, -0.15) is 11.3 Å². The molecule has 1 saturated heterocycles. The molecule has 3 rings (SSSR count). The van der Waals surface area contributed by atoms with Crippen molar-refractivity contribution in [1.29, 1.82) is 0 Å². The summed E-state index contributed by atoms with van der Waals surface area (Å²) >= 11 is 7.53. The van der Waals surface area contributed by atoms with Gasteiger partial charge in [-0.15, -0.1) is 0 Å². The molecule has 3 heterocycles. The number of likely N-dealkylation sites (tertiary alicyclic amines) is 1. The van der Waals surface area contributed by atoms with Crippen molar-refractivity contribution in [3.63, 3.8) is 0 Å². The molecule has 1 aliphatic rings. The Hall–Kier alpha value is -1.26. The minimum Gasteiger partial charge on any atom is -0.452 e. The van der Waals surface area contributed by atoms with Gasteiger partial charge in [0.1, 0.15) is 0 Å². The van der Waals surface area contributed by atoms with Crippen LogP contribution in [0.15, 0.2) is 33.6 Å². The lowest BCUT2D eigenvalue weighted by Gasteiger charge is -2.23. The second kappa shape index (κ2) is 4.78. The van der Waals surface area contributed by atoms with Gasteiger partial charge >= 0.3 is 0 Å². The summed E-state index contributed by atoms with van der Waals surface area (Å²) in [6, 6.07) is 3.89. The summed E-state index contributed by atoms with van der Waals surface area (Å²) in [5.41, 5.74) is 1.67. The number of rotatable bonds is 2. The quantitative estimate of drug-likeness (QED) is 0.834. The van der Waals surface area contributed by atoms with Gasteiger partial charge in [0.2, 0.25) is 5.22 Å². The van der Waals surface area contributed by atoms with Crippen LogP contribution in [0.5, 0.6) is 0 Å². The molecule has 0 radical (unpaired) electrons. The van der Waals surface area contributed by atoms with E-state index >= 15 is 0 Å². The van der Waals surface area contributed by atoms with Gasteiger partial charge in [0.25, 0.3) is 5.91 Å². The van der Waals surface area contributed by atoms with E-state index in [1.54, 1.807) is 17.4 Å². The number of nitrogens with zero attached hydrogens (tertiary/aromatic N) is 1. The van der Waals surface area contributed by atoms with Gasteiger partial charge in [-0.1, -0.05) is 0 Å². The highest BCUT2D eigenvalue weighted by molar-refractivity contribution is 7.08. The number of furan rings is 1. The largest absolute Gasteiger partial charge is 0.452 e. The van der Waals surface area contributed by atoms with Gasteiger partial charge in [0.05, 0.1) is 17.9 Å². The molecular formula is C13H12ClNO2S. The van der Waals surface area contributed by atoms with Crippen LogP contribution in [0.25, 0.3) is 0 Å². The first-order valence-electron chi connectivity index (χ1n) is 5.83. The number of carbonyl (C=O) groups excluding carboxylic acids is 1. The van der Waals surface area contributed by atoms with E-state index in [-0.39, 0.29) is 17.2 Å². The van der Waals surface area contributed by atoms with Gasteiger partial charge in [0, 0.05) is 6.54 Å². The summed E-state index contributed by atoms with van der Waals surface area (Å²) in [6.07, 6.45) is 3.49. The highest BCUT2D eigenvalue weighted by atomic mass is 35.5. The predicted molar refractivity (Wildman–Crippen MR) is 71.0 cm³/mol. The van der Waals surface area contributed by atoms with E-state index in [1.807, 2.05) is 10.3 Å². The molecule has 1 fully saturated rings. The summed E-state index contributed by atoms with van der Waals surface area (Å²) in [4.78, 5) is 14.3. The van der Waals surface area contributed by atoms with Crippen LogP contribution in [-0.4, -0.2) is 17.4 Å². The number of hydrogen-bond donors (Lipinski definition) is 0. The first-order chi connectivity index (χ1) is 8.77. The van der Waals surface area contributed by atoms with Crippen molar-refractivity contribution in [3.05, 3.63) is 45.5 Å². The highest BCUT2D eigenvalue weighted by Gasteiger charge is 2.32. The average molecular weight is 282 g/mol. The van der Waals surface area contributed by atoms with E-state index < -0.39 is 0 Å². The molecule has 94 valence electrons. The molecule has 1 atom stereocenters. The molecular weight excluding hydrogens is 270 g/mol. The maximum absolute atomic E-state index is 12.4. The lowest BCUT2D eigenvalue weighted by atomic mass is 10.1. The van der Waals surface area contributed by atoms with Crippen molar-refractivity contribution in [2.45, 2.75) is 18.9 Å². The number of thiophene rings is 1. The molecule has 1 aliphatic heterocycles.